The van der Waals surface area contributed by atoms with Gasteiger partial charge in [0.15, 0.2) is 0 Å². The first kappa shape index (κ1) is 18.4. The molecule has 138 valence electrons. The highest BCUT2D eigenvalue weighted by molar-refractivity contribution is 8.00. The number of rotatable bonds is 5. The van der Waals surface area contributed by atoms with Crippen LogP contribution in [0.3, 0.4) is 0 Å². The van der Waals surface area contributed by atoms with Crippen LogP contribution in [0.1, 0.15) is 39.0 Å². The third kappa shape index (κ3) is 4.81. The van der Waals surface area contributed by atoms with Crippen LogP contribution in [0.2, 0.25) is 0 Å². The zero-order chi connectivity index (χ0) is 18.4. The molecule has 0 bridgehead atoms. The molecule has 1 aromatic carbocycles. The topological polar surface area (TPSA) is 102 Å². The van der Waals surface area contributed by atoms with Crippen LogP contribution in [-0.2, 0) is 4.79 Å². The van der Waals surface area contributed by atoms with E-state index in [1.165, 1.54) is 18.2 Å². The Labute approximate surface area is 156 Å². The lowest BCUT2D eigenvalue weighted by molar-refractivity contribution is -0.119. The molecule has 1 saturated carbocycles. The van der Waals surface area contributed by atoms with Crippen LogP contribution in [0.4, 0.5) is 4.79 Å². The van der Waals surface area contributed by atoms with Crippen LogP contribution in [-0.4, -0.2) is 43.4 Å². The molecular formula is C17H22N6O2S. The number of hydrogen-bond donors (Lipinski definition) is 2. The first-order valence-electron chi connectivity index (χ1n) is 8.75. The van der Waals surface area contributed by atoms with Crippen molar-refractivity contribution in [2.24, 2.45) is 0 Å². The molecule has 1 aliphatic carbocycles. The number of tetrazole rings is 1. The van der Waals surface area contributed by atoms with Gasteiger partial charge in [0.25, 0.3) is 0 Å². The van der Waals surface area contributed by atoms with E-state index in [1.807, 2.05) is 30.3 Å². The molecule has 0 radical (unpaired) electrons. The predicted octanol–water partition coefficient (Wildman–Crippen LogP) is 2.30. The normalized spacial score (nSPS) is 16.0. The lowest BCUT2D eigenvalue weighted by atomic mass is 9.96. The van der Waals surface area contributed by atoms with Gasteiger partial charge < -0.3 is 5.32 Å². The molecule has 26 heavy (non-hydrogen) atoms. The van der Waals surface area contributed by atoms with Crippen LogP contribution < -0.4 is 10.6 Å². The Morgan fingerprint density at radius 2 is 1.92 bits per heavy atom. The Balaban J connectivity index is 1.55. The first-order valence-corrected chi connectivity index (χ1v) is 9.63. The van der Waals surface area contributed by atoms with Gasteiger partial charge in [0.2, 0.25) is 11.1 Å². The second-order valence-corrected chi connectivity index (χ2v) is 7.57. The largest absolute Gasteiger partial charge is 0.335 e. The van der Waals surface area contributed by atoms with Gasteiger partial charge in [-0.3, -0.25) is 10.1 Å². The third-order valence-electron chi connectivity index (χ3n) is 4.27. The molecule has 0 saturated heterocycles. The quantitative estimate of drug-likeness (QED) is 0.779. The van der Waals surface area contributed by atoms with Crippen molar-refractivity contribution in [1.82, 2.24) is 30.8 Å². The van der Waals surface area contributed by atoms with E-state index in [-0.39, 0.29) is 11.9 Å². The minimum atomic E-state index is -0.513. The van der Waals surface area contributed by atoms with Gasteiger partial charge in [0.05, 0.1) is 10.9 Å². The fourth-order valence-electron chi connectivity index (χ4n) is 2.88. The lowest BCUT2D eigenvalue weighted by Crippen LogP contribution is -2.47. The fraction of sp³-hybridized carbons (Fsp3) is 0.471. The lowest BCUT2D eigenvalue weighted by Gasteiger charge is -2.22. The number of nitrogens with one attached hydrogen (secondary N) is 2. The van der Waals surface area contributed by atoms with E-state index in [1.54, 1.807) is 11.6 Å². The van der Waals surface area contributed by atoms with Crippen LogP contribution >= 0.6 is 11.8 Å². The first-order chi connectivity index (χ1) is 12.6. The summed E-state index contributed by atoms with van der Waals surface area (Å²) in [5.74, 6) is -0.370. The highest BCUT2D eigenvalue weighted by Crippen LogP contribution is 2.23. The number of hydrogen-bond acceptors (Lipinski definition) is 6. The summed E-state index contributed by atoms with van der Waals surface area (Å²) in [5, 5.41) is 16.9. The molecule has 1 heterocycles. The van der Waals surface area contributed by atoms with Crippen LogP contribution in [0.15, 0.2) is 35.5 Å². The average molecular weight is 374 g/mol. The van der Waals surface area contributed by atoms with Gasteiger partial charge in [-0.1, -0.05) is 49.2 Å². The molecule has 3 amide bonds. The number of nitrogens with zero attached hydrogens (tertiary/aromatic N) is 4. The van der Waals surface area contributed by atoms with E-state index in [4.69, 9.17) is 0 Å². The van der Waals surface area contributed by atoms with Crippen LogP contribution in [0.25, 0.3) is 5.69 Å². The van der Waals surface area contributed by atoms with Crippen molar-refractivity contribution in [1.29, 1.82) is 0 Å². The summed E-state index contributed by atoms with van der Waals surface area (Å²) in [6, 6.07) is 9.16. The highest BCUT2D eigenvalue weighted by atomic mass is 32.2. The van der Waals surface area contributed by atoms with Gasteiger partial charge >= 0.3 is 6.03 Å². The predicted molar refractivity (Wildman–Crippen MR) is 98.0 cm³/mol. The van der Waals surface area contributed by atoms with Crippen molar-refractivity contribution in [3.63, 3.8) is 0 Å². The molecule has 1 atom stereocenters. The van der Waals surface area contributed by atoms with Gasteiger partial charge in [-0.05, 0) is 42.3 Å². The van der Waals surface area contributed by atoms with Gasteiger partial charge in [0, 0.05) is 6.04 Å². The van der Waals surface area contributed by atoms with E-state index in [2.05, 4.69) is 26.2 Å². The molecular weight excluding hydrogens is 352 g/mol. The van der Waals surface area contributed by atoms with Crippen molar-refractivity contribution in [3.05, 3.63) is 30.3 Å². The minimum Gasteiger partial charge on any atom is -0.335 e. The summed E-state index contributed by atoms with van der Waals surface area (Å²) in [4.78, 5) is 24.3. The van der Waals surface area contributed by atoms with Crippen molar-refractivity contribution in [3.8, 4) is 5.69 Å². The molecule has 1 aliphatic rings. The molecule has 9 heteroatoms. The fourth-order valence-corrected chi connectivity index (χ4v) is 3.68. The number of amides is 3. The highest BCUT2D eigenvalue weighted by Gasteiger charge is 2.22. The Morgan fingerprint density at radius 1 is 1.19 bits per heavy atom. The average Bonchev–Trinajstić information content (AvgIpc) is 3.11. The third-order valence-corrected chi connectivity index (χ3v) is 5.30. The van der Waals surface area contributed by atoms with Crippen molar-refractivity contribution in [2.75, 3.05) is 0 Å². The van der Waals surface area contributed by atoms with Crippen LogP contribution in [0.5, 0.6) is 0 Å². The SMILES string of the molecule is C[C@@H](Sc1nnnn1-c1ccccc1)C(=O)NC(=O)NC1CCCCC1. The smallest absolute Gasteiger partial charge is 0.321 e. The number of para-hydroxylation sites is 1. The number of urea groups is 1. The summed E-state index contributed by atoms with van der Waals surface area (Å²) >= 11 is 1.20. The maximum Gasteiger partial charge on any atom is 0.321 e. The number of carbonyl (C=O) groups is 2. The van der Waals surface area contributed by atoms with Gasteiger partial charge in [0.1, 0.15) is 0 Å². The van der Waals surface area contributed by atoms with Gasteiger partial charge in [-0.2, -0.15) is 4.68 Å². The summed E-state index contributed by atoms with van der Waals surface area (Å²) in [6.45, 7) is 1.72. The summed E-state index contributed by atoms with van der Waals surface area (Å²) in [5.41, 5.74) is 0.808. The van der Waals surface area contributed by atoms with E-state index in [9.17, 15) is 9.59 Å². The van der Waals surface area contributed by atoms with Gasteiger partial charge in [-0.15, -0.1) is 5.10 Å². The van der Waals surface area contributed by atoms with E-state index in [0.29, 0.717) is 5.16 Å². The van der Waals surface area contributed by atoms with Crippen molar-refractivity contribution in [2.45, 2.75) is 55.5 Å². The second kappa shape index (κ2) is 8.79. The molecule has 3 rings (SSSR count). The molecule has 1 fully saturated rings. The number of imide groups is 1. The maximum absolute atomic E-state index is 12.3. The molecule has 0 aliphatic heterocycles. The maximum atomic E-state index is 12.3. The minimum absolute atomic E-state index is 0.157. The summed E-state index contributed by atoms with van der Waals surface area (Å²) in [7, 11) is 0. The molecule has 0 unspecified atom stereocenters. The van der Waals surface area contributed by atoms with Crippen LogP contribution in [0, 0.1) is 0 Å². The molecule has 0 spiro atoms. The second-order valence-electron chi connectivity index (χ2n) is 6.27. The summed E-state index contributed by atoms with van der Waals surface area (Å²) < 4.78 is 1.57. The van der Waals surface area contributed by atoms with Crippen molar-refractivity contribution < 1.29 is 9.59 Å². The van der Waals surface area contributed by atoms with Gasteiger partial charge in [-0.25, -0.2) is 4.79 Å². The van der Waals surface area contributed by atoms with Crippen molar-refractivity contribution >= 4 is 23.7 Å². The Kier molecular flexibility index (Phi) is 6.21. The molecule has 2 aromatic rings. The zero-order valence-electron chi connectivity index (χ0n) is 14.6. The monoisotopic (exact) mass is 374 g/mol. The number of thioether (sulfide) groups is 1. The molecule has 1 aromatic heterocycles. The van der Waals surface area contributed by atoms with E-state index < -0.39 is 11.3 Å². The van der Waals surface area contributed by atoms with E-state index in [0.717, 1.165) is 31.4 Å². The Bertz CT molecular complexity index is 745. The number of benzene rings is 1. The standard InChI is InChI=1S/C17H22N6O2S/c1-12(15(24)19-16(25)18-13-8-4-2-5-9-13)26-17-20-21-22-23(17)14-10-6-3-7-11-14/h3,6-7,10-13H,2,4-5,8-9H2,1H3,(H2,18,19,24,25)/t12-/m1/s1. The Hall–Kier alpha value is -2.42. The number of aromatic nitrogens is 4. The summed E-state index contributed by atoms with van der Waals surface area (Å²) in [6.07, 6.45) is 5.39. The Morgan fingerprint density at radius 3 is 2.65 bits per heavy atom. The van der Waals surface area contributed by atoms with E-state index >= 15 is 0 Å². The zero-order valence-corrected chi connectivity index (χ0v) is 15.4. The molecule has 8 nitrogen and oxygen atoms in total. The molecule has 2 N–H and O–H groups in total. The number of carbonyl (C=O) groups excluding carboxylic acids is 2.